The van der Waals surface area contributed by atoms with E-state index in [0.29, 0.717) is 0 Å². The number of rotatable bonds is 7. The molecule has 4 atom stereocenters. The fraction of sp³-hybridized carbons (Fsp3) is 1.00. The maximum atomic E-state index is 5.68. The first-order valence-electron chi connectivity index (χ1n) is 6.39. The molecular weight excluding hydrogens is 170 g/mol. The molecule has 0 amide bonds. The molecule has 14 heavy (non-hydrogen) atoms. The molecule has 0 aliphatic heterocycles. The molecule has 1 rings (SSSR count). The summed E-state index contributed by atoms with van der Waals surface area (Å²) in [6.07, 6.45) is 7.10. The molecule has 0 spiro atoms. The monoisotopic (exact) mass is 197 g/mol. The summed E-state index contributed by atoms with van der Waals surface area (Å²) in [6, 6.07) is 0. The molecule has 1 heteroatoms. The van der Waals surface area contributed by atoms with Crippen LogP contribution in [0, 0.1) is 23.7 Å². The molecule has 1 nitrogen and oxygen atoms in total. The predicted molar refractivity (Wildman–Crippen MR) is 63.1 cm³/mol. The summed E-state index contributed by atoms with van der Waals surface area (Å²) in [7, 11) is 0. The van der Waals surface area contributed by atoms with Crippen LogP contribution in [0.25, 0.3) is 0 Å². The molecule has 1 aliphatic rings. The molecular formula is C13H27N. The second kappa shape index (κ2) is 5.75. The maximum Gasteiger partial charge on any atom is -0.00488 e. The zero-order chi connectivity index (χ0) is 10.6. The van der Waals surface area contributed by atoms with Crippen molar-refractivity contribution in [3.05, 3.63) is 0 Å². The second-order valence-corrected chi connectivity index (χ2v) is 5.34. The fourth-order valence-corrected chi connectivity index (χ4v) is 2.61. The highest BCUT2D eigenvalue weighted by Crippen LogP contribution is 2.47. The van der Waals surface area contributed by atoms with Gasteiger partial charge in [-0.1, -0.05) is 40.0 Å². The summed E-state index contributed by atoms with van der Waals surface area (Å²) in [5, 5.41) is 0. The average Bonchev–Trinajstić information content (AvgIpc) is 2.93. The topological polar surface area (TPSA) is 26.0 Å². The van der Waals surface area contributed by atoms with Gasteiger partial charge in [0.25, 0.3) is 0 Å². The van der Waals surface area contributed by atoms with Crippen LogP contribution in [0.4, 0.5) is 0 Å². The van der Waals surface area contributed by atoms with E-state index in [2.05, 4.69) is 20.8 Å². The molecule has 0 aromatic rings. The van der Waals surface area contributed by atoms with Gasteiger partial charge in [0.1, 0.15) is 0 Å². The first-order chi connectivity index (χ1) is 6.69. The molecule has 0 aromatic carbocycles. The lowest BCUT2D eigenvalue weighted by molar-refractivity contribution is 0.418. The van der Waals surface area contributed by atoms with Crippen molar-refractivity contribution >= 4 is 0 Å². The Labute approximate surface area is 89.5 Å². The zero-order valence-electron chi connectivity index (χ0n) is 10.1. The van der Waals surface area contributed by atoms with E-state index in [0.717, 1.165) is 30.2 Å². The Morgan fingerprint density at radius 3 is 2.57 bits per heavy atom. The van der Waals surface area contributed by atoms with Crippen molar-refractivity contribution < 1.29 is 0 Å². The van der Waals surface area contributed by atoms with Crippen LogP contribution in [0.2, 0.25) is 0 Å². The first-order valence-corrected chi connectivity index (χ1v) is 6.39. The van der Waals surface area contributed by atoms with Gasteiger partial charge in [-0.05, 0) is 43.1 Å². The van der Waals surface area contributed by atoms with Crippen LogP contribution < -0.4 is 5.73 Å². The molecule has 0 bridgehead atoms. The van der Waals surface area contributed by atoms with Crippen LogP contribution in [-0.4, -0.2) is 6.54 Å². The van der Waals surface area contributed by atoms with Crippen molar-refractivity contribution in [2.24, 2.45) is 29.4 Å². The lowest BCUT2D eigenvalue weighted by Crippen LogP contribution is -2.13. The van der Waals surface area contributed by atoms with Gasteiger partial charge in [-0.25, -0.2) is 0 Å². The van der Waals surface area contributed by atoms with Crippen molar-refractivity contribution in [2.45, 2.75) is 52.9 Å². The minimum absolute atomic E-state index is 0.765. The highest BCUT2D eigenvalue weighted by molar-refractivity contribution is 4.89. The Morgan fingerprint density at radius 1 is 1.29 bits per heavy atom. The second-order valence-electron chi connectivity index (χ2n) is 5.34. The van der Waals surface area contributed by atoms with Crippen molar-refractivity contribution in [1.82, 2.24) is 0 Å². The smallest absolute Gasteiger partial charge is 0.00488 e. The van der Waals surface area contributed by atoms with E-state index >= 15 is 0 Å². The lowest BCUT2D eigenvalue weighted by Gasteiger charge is -2.10. The Hall–Kier alpha value is -0.0400. The normalized spacial score (nSPS) is 30.0. The summed E-state index contributed by atoms with van der Waals surface area (Å²) in [4.78, 5) is 0. The molecule has 0 radical (unpaired) electrons. The standard InChI is InChI=1S/C13H27N/c1-4-5-10(2)6-7-12-8-13(12)11(3)9-14/h10-13H,4-9,14H2,1-3H3/t10?,11-,12?,13+/m0/s1. The first kappa shape index (κ1) is 12.0. The van der Waals surface area contributed by atoms with Gasteiger partial charge in [-0.2, -0.15) is 0 Å². The Kier molecular flexibility index (Phi) is 4.94. The van der Waals surface area contributed by atoms with Gasteiger partial charge in [0.2, 0.25) is 0 Å². The van der Waals surface area contributed by atoms with Gasteiger partial charge >= 0.3 is 0 Å². The average molecular weight is 197 g/mol. The summed E-state index contributed by atoms with van der Waals surface area (Å²) < 4.78 is 0. The van der Waals surface area contributed by atoms with Crippen molar-refractivity contribution in [3.63, 3.8) is 0 Å². The van der Waals surface area contributed by atoms with Crippen LogP contribution in [0.3, 0.4) is 0 Å². The SMILES string of the molecule is CCCC(C)CCC1C[C@@H]1[C@@H](C)CN. The van der Waals surface area contributed by atoms with Crippen LogP contribution in [0.1, 0.15) is 52.9 Å². The largest absolute Gasteiger partial charge is 0.330 e. The molecule has 0 aromatic heterocycles. The highest BCUT2D eigenvalue weighted by atomic mass is 14.6. The lowest BCUT2D eigenvalue weighted by atomic mass is 9.96. The molecule has 1 fully saturated rings. The highest BCUT2D eigenvalue weighted by Gasteiger charge is 2.39. The minimum atomic E-state index is 0.765. The van der Waals surface area contributed by atoms with Crippen molar-refractivity contribution in [2.75, 3.05) is 6.54 Å². The third-order valence-corrected chi connectivity index (χ3v) is 3.89. The van der Waals surface area contributed by atoms with Gasteiger partial charge in [-0.3, -0.25) is 0 Å². The van der Waals surface area contributed by atoms with E-state index in [1.807, 2.05) is 0 Å². The summed E-state index contributed by atoms with van der Waals surface area (Å²) in [5.41, 5.74) is 5.68. The van der Waals surface area contributed by atoms with Gasteiger partial charge in [-0.15, -0.1) is 0 Å². The van der Waals surface area contributed by atoms with E-state index < -0.39 is 0 Å². The third-order valence-electron chi connectivity index (χ3n) is 3.89. The summed E-state index contributed by atoms with van der Waals surface area (Å²) in [5.74, 6) is 3.69. The molecule has 1 aliphatic carbocycles. The van der Waals surface area contributed by atoms with Crippen LogP contribution in [0.15, 0.2) is 0 Å². The van der Waals surface area contributed by atoms with Crippen molar-refractivity contribution in [1.29, 1.82) is 0 Å². The molecule has 2 unspecified atom stereocenters. The number of hydrogen-bond donors (Lipinski definition) is 1. The minimum Gasteiger partial charge on any atom is -0.330 e. The van der Waals surface area contributed by atoms with Crippen molar-refractivity contribution in [3.8, 4) is 0 Å². The quantitative estimate of drug-likeness (QED) is 0.665. The van der Waals surface area contributed by atoms with Crippen LogP contribution in [0.5, 0.6) is 0 Å². The molecule has 1 saturated carbocycles. The Balaban J connectivity index is 2.05. The Bertz CT molecular complexity index is 155. The van der Waals surface area contributed by atoms with Gasteiger partial charge in [0, 0.05) is 0 Å². The summed E-state index contributed by atoms with van der Waals surface area (Å²) in [6.45, 7) is 7.87. The number of hydrogen-bond acceptors (Lipinski definition) is 1. The Morgan fingerprint density at radius 2 is 2.00 bits per heavy atom. The zero-order valence-corrected chi connectivity index (χ0v) is 10.1. The molecule has 84 valence electrons. The summed E-state index contributed by atoms with van der Waals surface area (Å²) >= 11 is 0. The van der Waals surface area contributed by atoms with E-state index in [4.69, 9.17) is 5.73 Å². The third kappa shape index (κ3) is 3.61. The fourth-order valence-electron chi connectivity index (χ4n) is 2.61. The molecule has 0 saturated heterocycles. The van der Waals surface area contributed by atoms with E-state index in [1.165, 1.54) is 32.1 Å². The van der Waals surface area contributed by atoms with Crippen LogP contribution >= 0.6 is 0 Å². The van der Waals surface area contributed by atoms with Gasteiger partial charge in [0.05, 0.1) is 0 Å². The number of nitrogens with two attached hydrogens (primary N) is 1. The van der Waals surface area contributed by atoms with Crippen LogP contribution in [-0.2, 0) is 0 Å². The predicted octanol–water partition coefficient (Wildman–Crippen LogP) is 3.43. The van der Waals surface area contributed by atoms with Gasteiger partial charge in [0.15, 0.2) is 0 Å². The van der Waals surface area contributed by atoms with E-state index in [-0.39, 0.29) is 0 Å². The van der Waals surface area contributed by atoms with E-state index in [9.17, 15) is 0 Å². The molecule has 0 heterocycles. The molecule has 2 N–H and O–H groups in total. The van der Waals surface area contributed by atoms with Gasteiger partial charge < -0.3 is 5.73 Å². The van der Waals surface area contributed by atoms with E-state index in [1.54, 1.807) is 0 Å². The maximum absolute atomic E-state index is 5.68.